The van der Waals surface area contributed by atoms with Crippen LogP contribution in [0.1, 0.15) is 38.2 Å². The Labute approximate surface area is 251 Å². The minimum atomic E-state index is -3.87. The average Bonchev–Trinajstić information content (AvgIpc) is 3.45. The van der Waals surface area contributed by atoms with Gasteiger partial charge in [-0.05, 0) is 74.6 Å². The quantitative estimate of drug-likeness (QED) is 0.187. The van der Waals surface area contributed by atoms with Crippen LogP contribution < -0.4 is 14.9 Å². The van der Waals surface area contributed by atoms with E-state index in [0.717, 1.165) is 31.2 Å². The minimum absolute atomic E-state index is 0.180. The molecule has 0 saturated heterocycles. The summed E-state index contributed by atoms with van der Waals surface area (Å²) in [4.78, 5) is 14.2. The van der Waals surface area contributed by atoms with Crippen LogP contribution >= 0.6 is 0 Å². The van der Waals surface area contributed by atoms with E-state index < -0.39 is 10.0 Å². The number of fused-ring (bicyclic) bond motifs is 1. The maximum absolute atomic E-state index is 13.9. The number of anilines is 4. The third-order valence-electron chi connectivity index (χ3n) is 7.75. The molecule has 2 aromatic heterocycles. The maximum Gasteiger partial charge on any atom is 0.264 e. The highest BCUT2D eigenvalue weighted by Crippen LogP contribution is 2.29. The topological polar surface area (TPSA) is 125 Å². The number of aryl methyl sites for hydroxylation is 1. The van der Waals surface area contributed by atoms with E-state index in [0.29, 0.717) is 40.8 Å². The number of hydrogen-bond acceptors (Lipinski definition) is 8. The lowest BCUT2D eigenvalue weighted by molar-refractivity contribution is 0.126. The van der Waals surface area contributed by atoms with E-state index in [1.807, 2.05) is 60.0 Å². The van der Waals surface area contributed by atoms with Gasteiger partial charge in [0.25, 0.3) is 10.0 Å². The lowest BCUT2D eigenvalue weighted by Crippen LogP contribution is -2.30. The van der Waals surface area contributed by atoms with Crippen LogP contribution in [0.25, 0.3) is 11.2 Å². The SMILES string of the molecule is CCn1cnc2c(Nc3ccc(S(=O)(=O)N(Cc4ccccc4)c4ccccc4)cc3)nc(NC3CCC(O)CC3)nc21. The second-order valence-electron chi connectivity index (χ2n) is 10.7. The van der Waals surface area contributed by atoms with Gasteiger partial charge in [0.05, 0.1) is 29.6 Å². The van der Waals surface area contributed by atoms with E-state index in [1.54, 1.807) is 42.7 Å². The zero-order valence-corrected chi connectivity index (χ0v) is 24.8. The molecule has 1 aliphatic rings. The number of sulfonamides is 1. The summed E-state index contributed by atoms with van der Waals surface area (Å²) in [6.45, 7) is 2.94. The number of para-hydroxylation sites is 1. The molecule has 2 heterocycles. The molecule has 3 aromatic carbocycles. The lowest BCUT2D eigenvalue weighted by atomic mass is 9.93. The number of nitrogens with one attached hydrogen (secondary N) is 2. The molecule has 11 heteroatoms. The van der Waals surface area contributed by atoms with Gasteiger partial charge in [-0.3, -0.25) is 4.31 Å². The molecule has 0 bridgehead atoms. The Kier molecular flexibility index (Phi) is 8.26. The first kappa shape index (κ1) is 28.6. The number of aliphatic hydroxyl groups excluding tert-OH is 1. The van der Waals surface area contributed by atoms with E-state index in [2.05, 4.69) is 15.6 Å². The molecule has 1 aliphatic carbocycles. The third-order valence-corrected chi connectivity index (χ3v) is 9.54. The van der Waals surface area contributed by atoms with E-state index >= 15 is 0 Å². The molecule has 3 N–H and O–H groups in total. The van der Waals surface area contributed by atoms with Crippen molar-refractivity contribution in [3.63, 3.8) is 0 Å². The van der Waals surface area contributed by atoms with Crippen molar-refractivity contribution in [2.45, 2.75) is 62.7 Å². The van der Waals surface area contributed by atoms with Crippen molar-refractivity contribution in [1.82, 2.24) is 19.5 Å². The van der Waals surface area contributed by atoms with Gasteiger partial charge in [0.2, 0.25) is 5.95 Å². The van der Waals surface area contributed by atoms with Gasteiger partial charge in [0.1, 0.15) is 0 Å². The molecule has 0 radical (unpaired) electrons. The molecule has 1 saturated carbocycles. The Morgan fingerprint density at radius 1 is 0.907 bits per heavy atom. The molecule has 0 aliphatic heterocycles. The number of aromatic nitrogens is 4. The van der Waals surface area contributed by atoms with Gasteiger partial charge in [-0.1, -0.05) is 48.5 Å². The van der Waals surface area contributed by atoms with Crippen molar-refractivity contribution in [1.29, 1.82) is 0 Å². The normalized spacial score (nSPS) is 17.1. The maximum atomic E-state index is 13.9. The highest BCUT2D eigenvalue weighted by atomic mass is 32.2. The Bertz CT molecular complexity index is 1770. The van der Waals surface area contributed by atoms with Gasteiger partial charge >= 0.3 is 0 Å². The number of nitrogens with zero attached hydrogens (tertiary/aromatic N) is 5. The van der Waals surface area contributed by atoms with Gasteiger partial charge in [-0.25, -0.2) is 13.4 Å². The monoisotopic (exact) mass is 597 g/mol. The number of aliphatic hydroxyl groups is 1. The largest absolute Gasteiger partial charge is 0.393 e. The first-order valence-corrected chi connectivity index (χ1v) is 16.0. The molecule has 6 rings (SSSR count). The standard InChI is InChI=1S/C32H35N7O3S/c1-2-38-22-33-29-30(36-32(37-31(29)38)35-25-13-17-27(40)18-14-25)34-24-15-19-28(20-16-24)43(41,42)39(26-11-7-4-8-12-26)21-23-9-5-3-6-10-23/h3-12,15-16,19-20,22,25,27,40H,2,13-14,17-18,21H2,1H3,(H2,34,35,36,37). The first-order valence-electron chi connectivity index (χ1n) is 14.6. The van der Waals surface area contributed by atoms with Gasteiger partial charge in [-0.15, -0.1) is 0 Å². The van der Waals surface area contributed by atoms with Crippen LogP contribution in [0.2, 0.25) is 0 Å². The predicted octanol–water partition coefficient (Wildman–Crippen LogP) is 5.70. The summed E-state index contributed by atoms with van der Waals surface area (Å²) in [6.07, 6.45) is 4.69. The fourth-order valence-corrected chi connectivity index (χ4v) is 6.82. The zero-order chi connectivity index (χ0) is 29.8. The summed E-state index contributed by atoms with van der Waals surface area (Å²) in [5, 5.41) is 16.7. The summed E-state index contributed by atoms with van der Waals surface area (Å²) in [7, 11) is -3.87. The summed E-state index contributed by atoms with van der Waals surface area (Å²) >= 11 is 0. The van der Waals surface area contributed by atoms with Gasteiger partial charge in [0, 0.05) is 18.3 Å². The molecule has 1 fully saturated rings. The smallest absolute Gasteiger partial charge is 0.264 e. The van der Waals surface area contributed by atoms with Gasteiger partial charge < -0.3 is 20.3 Å². The van der Waals surface area contributed by atoms with Crippen molar-refractivity contribution in [2.75, 3.05) is 14.9 Å². The van der Waals surface area contributed by atoms with E-state index in [9.17, 15) is 13.5 Å². The van der Waals surface area contributed by atoms with Crippen LogP contribution in [0, 0.1) is 0 Å². The fraction of sp³-hybridized carbons (Fsp3) is 0.281. The molecule has 0 atom stereocenters. The summed E-state index contributed by atoms with van der Waals surface area (Å²) in [5.41, 5.74) is 3.49. The Morgan fingerprint density at radius 3 is 2.26 bits per heavy atom. The molecule has 43 heavy (non-hydrogen) atoms. The third kappa shape index (κ3) is 6.32. The zero-order valence-electron chi connectivity index (χ0n) is 24.0. The summed E-state index contributed by atoms with van der Waals surface area (Å²) < 4.78 is 31.2. The Balaban J connectivity index is 1.27. The van der Waals surface area contributed by atoms with Crippen LogP contribution in [0.4, 0.5) is 23.1 Å². The van der Waals surface area contributed by atoms with Crippen LogP contribution in [-0.2, 0) is 23.1 Å². The average molecular weight is 598 g/mol. The number of hydrogen-bond donors (Lipinski definition) is 3. The van der Waals surface area contributed by atoms with Crippen molar-refractivity contribution < 1.29 is 13.5 Å². The minimum Gasteiger partial charge on any atom is -0.393 e. The van der Waals surface area contributed by atoms with Crippen LogP contribution in [0.5, 0.6) is 0 Å². The Morgan fingerprint density at radius 2 is 1.58 bits per heavy atom. The second kappa shape index (κ2) is 12.4. The number of rotatable bonds is 10. The highest BCUT2D eigenvalue weighted by molar-refractivity contribution is 7.92. The summed E-state index contributed by atoms with van der Waals surface area (Å²) in [5.74, 6) is 1.02. The molecule has 0 amide bonds. The number of benzene rings is 3. The first-order chi connectivity index (χ1) is 20.9. The van der Waals surface area contributed by atoms with Crippen LogP contribution in [0.3, 0.4) is 0 Å². The van der Waals surface area contributed by atoms with E-state index in [-0.39, 0.29) is 23.6 Å². The van der Waals surface area contributed by atoms with Gasteiger partial charge in [0.15, 0.2) is 17.0 Å². The molecule has 10 nitrogen and oxygen atoms in total. The van der Waals surface area contributed by atoms with E-state index in [4.69, 9.17) is 9.97 Å². The molecule has 0 spiro atoms. The van der Waals surface area contributed by atoms with Gasteiger partial charge in [-0.2, -0.15) is 9.97 Å². The molecular formula is C32H35N7O3S. The molecular weight excluding hydrogens is 562 g/mol. The number of imidazole rings is 1. The van der Waals surface area contributed by atoms with Crippen molar-refractivity contribution in [3.8, 4) is 0 Å². The van der Waals surface area contributed by atoms with Crippen LogP contribution in [-0.4, -0.2) is 45.2 Å². The molecule has 0 unspecified atom stereocenters. The molecule has 5 aromatic rings. The predicted molar refractivity (Wildman–Crippen MR) is 169 cm³/mol. The van der Waals surface area contributed by atoms with Crippen molar-refractivity contribution in [2.24, 2.45) is 0 Å². The van der Waals surface area contributed by atoms with Crippen molar-refractivity contribution in [3.05, 3.63) is 96.8 Å². The summed E-state index contributed by atoms with van der Waals surface area (Å²) in [6, 6.07) is 25.5. The Hall–Kier alpha value is -4.48. The second-order valence-corrected chi connectivity index (χ2v) is 12.6. The highest BCUT2D eigenvalue weighted by Gasteiger charge is 2.26. The van der Waals surface area contributed by atoms with Crippen LogP contribution in [0.15, 0.2) is 96.2 Å². The fourth-order valence-electron chi connectivity index (χ4n) is 5.36. The lowest BCUT2D eigenvalue weighted by Gasteiger charge is -2.26. The van der Waals surface area contributed by atoms with Crippen molar-refractivity contribution >= 4 is 44.3 Å². The molecule has 222 valence electrons. The van der Waals surface area contributed by atoms with E-state index in [1.165, 1.54) is 4.31 Å².